The van der Waals surface area contributed by atoms with E-state index in [0.29, 0.717) is 0 Å². The SMILES string of the molecule is CCOC(=O)CC(O)C(O)c1cccc(F)c1OC. The number of hydrogen-bond acceptors (Lipinski definition) is 5. The molecule has 2 unspecified atom stereocenters. The molecule has 0 aliphatic carbocycles. The van der Waals surface area contributed by atoms with E-state index in [1.807, 2.05) is 0 Å². The highest BCUT2D eigenvalue weighted by molar-refractivity contribution is 5.70. The Kier molecular flexibility index (Phi) is 5.72. The number of carbonyl (C=O) groups is 1. The van der Waals surface area contributed by atoms with Crippen molar-refractivity contribution < 1.29 is 28.9 Å². The molecule has 2 atom stereocenters. The first-order valence-electron chi connectivity index (χ1n) is 5.85. The Morgan fingerprint density at radius 1 is 1.42 bits per heavy atom. The average Bonchev–Trinajstić information content (AvgIpc) is 2.37. The maximum absolute atomic E-state index is 13.4. The van der Waals surface area contributed by atoms with E-state index in [0.717, 1.165) is 0 Å². The summed E-state index contributed by atoms with van der Waals surface area (Å²) >= 11 is 0. The van der Waals surface area contributed by atoms with Crippen LogP contribution in [0.25, 0.3) is 0 Å². The third-order valence-electron chi connectivity index (χ3n) is 2.57. The minimum atomic E-state index is -1.44. The van der Waals surface area contributed by atoms with Crippen molar-refractivity contribution in [1.82, 2.24) is 0 Å². The van der Waals surface area contributed by atoms with Gasteiger partial charge in [-0.05, 0) is 13.0 Å². The minimum absolute atomic E-state index is 0.0827. The van der Waals surface area contributed by atoms with Crippen LogP contribution in [0.15, 0.2) is 18.2 Å². The van der Waals surface area contributed by atoms with Gasteiger partial charge < -0.3 is 19.7 Å². The Labute approximate surface area is 110 Å². The molecule has 0 aliphatic heterocycles. The number of para-hydroxylation sites is 1. The monoisotopic (exact) mass is 272 g/mol. The van der Waals surface area contributed by atoms with Crippen LogP contribution >= 0.6 is 0 Å². The Morgan fingerprint density at radius 3 is 2.68 bits per heavy atom. The summed E-state index contributed by atoms with van der Waals surface area (Å²) in [4.78, 5) is 11.2. The summed E-state index contributed by atoms with van der Waals surface area (Å²) in [5.41, 5.74) is 0.0827. The Hall–Kier alpha value is -1.66. The van der Waals surface area contributed by atoms with Gasteiger partial charge in [-0.1, -0.05) is 12.1 Å². The number of ether oxygens (including phenoxy) is 2. The Morgan fingerprint density at radius 2 is 2.11 bits per heavy atom. The first kappa shape index (κ1) is 15.4. The lowest BCUT2D eigenvalue weighted by Crippen LogP contribution is -2.23. The number of benzene rings is 1. The number of halogens is 1. The van der Waals surface area contributed by atoms with Gasteiger partial charge in [0.15, 0.2) is 11.6 Å². The van der Waals surface area contributed by atoms with Crippen molar-refractivity contribution in [2.45, 2.75) is 25.6 Å². The predicted octanol–water partition coefficient (Wildman–Crippen LogP) is 1.18. The summed E-state index contributed by atoms with van der Waals surface area (Å²) < 4.78 is 22.9. The van der Waals surface area contributed by atoms with Crippen LogP contribution in [0.5, 0.6) is 5.75 Å². The summed E-state index contributed by atoms with van der Waals surface area (Å²) in [6, 6.07) is 3.97. The summed E-state index contributed by atoms with van der Waals surface area (Å²) in [5, 5.41) is 19.7. The van der Waals surface area contributed by atoms with Gasteiger partial charge in [-0.2, -0.15) is 0 Å². The van der Waals surface area contributed by atoms with Crippen molar-refractivity contribution in [3.8, 4) is 5.75 Å². The third-order valence-corrected chi connectivity index (χ3v) is 2.57. The maximum Gasteiger partial charge on any atom is 0.308 e. The van der Waals surface area contributed by atoms with Crippen molar-refractivity contribution in [3.63, 3.8) is 0 Å². The highest BCUT2D eigenvalue weighted by atomic mass is 19.1. The summed E-state index contributed by atoms with van der Waals surface area (Å²) in [5.74, 6) is -1.44. The van der Waals surface area contributed by atoms with Crippen molar-refractivity contribution in [3.05, 3.63) is 29.6 Å². The fraction of sp³-hybridized carbons (Fsp3) is 0.462. The van der Waals surface area contributed by atoms with Gasteiger partial charge in [-0.25, -0.2) is 4.39 Å². The van der Waals surface area contributed by atoms with Gasteiger partial charge >= 0.3 is 5.97 Å². The lowest BCUT2D eigenvalue weighted by atomic mass is 10.0. The van der Waals surface area contributed by atoms with Crippen molar-refractivity contribution in [2.24, 2.45) is 0 Å². The molecule has 19 heavy (non-hydrogen) atoms. The van der Waals surface area contributed by atoms with Gasteiger partial charge in [0, 0.05) is 5.56 Å². The molecule has 1 aromatic rings. The van der Waals surface area contributed by atoms with E-state index in [2.05, 4.69) is 4.74 Å². The molecule has 0 heterocycles. The molecule has 0 aromatic heterocycles. The summed E-state index contributed by atoms with van der Waals surface area (Å²) in [7, 11) is 1.26. The van der Waals surface area contributed by atoms with E-state index >= 15 is 0 Å². The number of rotatable bonds is 6. The van der Waals surface area contributed by atoms with E-state index in [-0.39, 0.29) is 24.3 Å². The largest absolute Gasteiger partial charge is 0.493 e. The van der Waals surface area contributed by atoms with Crippen LogP contribution in [-0.4, -0.2) is 36.0 Å². The fourth-order valence-corrected chi connectivity index (χ4v) is 1.68. The number of aliphatic hydroxyl groups excluding tert-OH is 2. The summed E-state index contributed by atoms with van der Waals surface area (Å²) in [6.45, 7) is 1.82. The minimum Gasteiger partial charge on any atom is -0.493 e. The van der Waals surface area contributed by atoms with Crippen molar-refractivity contribution >= 4 is 5.97 Å². The first-order chi connectivity index (χ1) is 9.01. The maximum atomic E-state index is 13.4. The molecule has 5 nitrogen and oxygen atoms in total. The standard InChI is InChI=1S/C13H17FO5/c1-3-19-11(16)7-10(15)12(17)8-5-4-6-9(14)13(8)18-2/h4-6,10,12,15,17H,3,7H2,1-2H3. The van der Waals surface area contributed by atoms with Gasteiger partial charge in [0.1, 0.15) is 6.10 Å². The summed E-state index contributed by atoms with van der Waals surface area (Å²) in [6.07, 6.45) is -3.21. The van der Waals surface area contributed by atoms with Gasteiger partial charge in [-0.15, -0.1) is 0 Å². The number of carbonyl (C=O) groups excluding carboxylic acids is 1. The zero-order chi connectivity index (χ0) is 14.4. The van der Waals surface area contributed by atoms with Gasteiger partial charge in [-0.3, -0.25) is 4.79 Å². The van der Waals surface area contributed by atoms with Crippen LogP contribution < -0.4 is 4.74 Å². The van der Waals surface area contributed by atoms with Crippen LogP contribution in [0.2, 0.25) is 0 Å². The van der Waals surface area contributed by atoms with Crippen molar-refractivity contribution in [1.29, 1.82) is 0 Å². The van der Waals surface area contributed by atoms with Crippen LogP contribution in [0.1, 0.15) is 25.0 Å². The topological polar surface area (TPSA) is 76.0 Å². The second-order valence-electron chi connectivity index (χ2n) is 3.88. The normalized spacial score (nSPS) is 13.7. The predicted molar refractivity (Wildman–Crippen MR) is 65.2 cm³/mol. The Balaban J connectivity index is 2.85. The second-order valence-corrected chi connectivity index (χ2v) is 3.88. The van der Waals surface area contributed by atoms with Crippen LogP contribution in [0.4, 0.5) is 4.39 Å². The quantitative estimate of drug-likeness (QED) is 0.761. The van der Waals surface area contributed by atoms with Gasteiger partial charge in [0.25, 0.3) is 0 Å². The van der Waals surface area contributed by atoms with E-state index in [1.165, 1.54) is 25.3 Å². The fourth-order valence-electron chi connectivity index (χ4n) is 1.68. The molecule has 0 bridgehead atoms. The van der Waals surface area contributed by atoms with Gasteiger partial charge in [0.2, 0.25) is 0 Å². The molecular weight excluding hydrogens is 255 g/mol. The molecule has 2 N–H and O–H groups in total. The number of aliphatic hydroxyl groups is 2. The average molecular weight is 272 g/mol. The third kappa shape index (κ3) is 3.90. The molecule has 0 aliphatic rings. The number of esters is 1. The molecule has 0 spiro atoms. The molecule has 0 radical (unpaired) electrons. The van der Waals surface area contributed by atoms with Gasteiger partial charge in [0.05, 0.1) is 26.2 Å². The molecular formula is C13H17FO5. The van der Waals surface area contributed by atoms with Crippen LogP contribution in [-0.2, 0) is 9.53 Å². The molecule has 0 saturated carbocycles. The first-order valence-corrected chi connectivity index (χ1v) is 5.85. The van der Waals surface area contributed by atoms with Crippen molar-refractivity contribution in [2.75, 3.05) is 13.7 Å². The smallest absolute Gasteiger partial charge is 0.308 e. The zero-order valence-electron chi connectivity index (χ0n) is 10.8. The number of hydrogen-bond donors (Lipinski definition) is 2. The number of methoxy groups -OCH3 is 1. The molecule has 6 heteroatoms. The second kappa shape index (κ2) is 7.06. The lowest BCUT2D eigenvalue weighted by molar-refractivity contribution is -0.147. The Bertz CT molecular complexity index is 435. The highest BCUT2D eigenvalue weighted by Crippen LogP contribution is 2.30. The highest BCUT2D eigenvalue weighted by Gasteiger charge is 2.25. The lowest BCUT2D eigenvalue weighted by Gasteiger charge is -2.19. The van der Waals surface area contributed by atoms with E-state index in [1.54, 1.807) is 6.92 Å². The molecule has 0 saturated heterocycles. The van der Waals surface area contributed by atoms with E-state index < -0.39 is 24.0 Å². The van der Waals surface area contributed by atoms with Crippen LogP contribution in [0, 0.1) is 5.82 Å². The molecule has 1 rings (SSSR count). The van der Waals surface area contributed by atoms with E-state index in [9.17, 15) is 19.4 Å². The molecule has 106 valence electrons. The molecule has 0 fully saturated rings. The van der Waals surface area contributed by atoms with Crippen LogP contribution in [0.3, 0.4) is 0 Å². The zero-order valence-corrected chi connectivity index (χ0v) is 10.8. The molecule has 1 aromatic carbocycles. The molecule has 0 amide bonds. The van der Waals surface area contributed by atoms with E-state index in [4.69, 9.17) is 4.74 Å².